The first kappa shape index (κ1) is 15.5. The van der Waals surface area contributed by atoms with Crippen LogP contribution in [0.4, 0.5) is 5.69 Å². The van der Waals surface area contributed by atoms with Gasteiger partial charge in [-0.05, 0) is 43.5 Å². The summed E-state index contributed by atoms with van der Waals surface area (Å²) in [6.45, 7) is 3.46. The second kappa shape index (κ2) is 5.98. The van der Waals surface area contributed by atoms with Crippen molar-refractivity contribution in [1.29, 1.82) is 0 Å². The molecule has 2 N–H and O–H groups in total. The molecule has 6 nitrogen and oxygen atoms in total. The van der Waals surface area contributed by atoms with Gasteiger partial charge in [0.05, 0.1) is 4.90 Å². The predicted octanol–water partition coefficient (Wildman–Crippen LogP) is 0.626. The Morgan fingerprint density at radius 2 is 2.27 bits per heavy atom. The zero-order valence-corrected chi connectivity index (χ0v) is 13.4. The maximum Gasteiger partial charge on any atom is 0.240 e. The molecule has 1 fully saturated rings. The third-order valence-corrected chi connectivity index (χ3v) is 5.75. The molecular formula is C15H21N3O3S. The lowest BCUT2D eigenvalue weighted by Gasteiger charge is -2.16. The summed E-state index contributed by atoms with van der Waals surface area (Å²) in [5.74, 6) is -0.0589. The number of sulfonamides is 1. The van der Waals surface area contributed by atoms with Crippen LogP contribution in [0.5, 0.6) is 0 Å². The lowest BCUT2D eigenvalue weighted by atomic mass is 10.2. The van der Waals surface area contributed by atoms with Crippen LogP contribution in [0.1, 0.15) is 25.3 Å². The van der Waals surface area contributed by atoms with E-state index >= 15 is 0 Å². The van der Waals surface area contributed by atoms with Crippen LogP contribution in [0.15, 0.2) is 23.1 Å². The van der Waals surface area contributed by atoms with Crippen LogP contribution in [-0.4, -0.2) is 40.0 Å². The summed E-state index contributed by atoms with van der Waals surface area (Å²) in [6, 6.07) is 5.24. The first-order valence-electron chi connectivity index (χ1n) is 7.61. The van der Waals surface area contributed by atoms with E-state index in [1.807, 2.05) is 0 Å². The summed E-state index contributed by atoms with van der Waals surface area (Å²) in [6.07, 6.45) is 2.85. The molecule has 1 saturated heterocycles. The highest BCUT2D eigenvalue weighted by Gasteiger charge is 2.25. The molecule has 2 heterocycles. The summed E-state index contributed by atoms with van der Waals surface area (Å²) in [4.78, 5) is 13.5. The Morgan fingerprint density at radius 1 is 1.45 bits per heavy atom. The minimum atomic E-state index is -3.55. The van der Waals surface area contributed by atoms with Crippen LogP contribution in [-0.2, 0) is 21.2 Å². The summed E-state index contributed by atoms with van der Waals surface area (Å²) in [5.41, 5.74) is 1.74. The highest BCUT2D eigenvalue weighted by molar-refractivity contribution is 7.89. The standard InChI is InChI=1S/C15H21N3O3S/c1-11(19)18-8-6-12-4-5-14(9-15(12)18)22(20,21)17-10-13-3-2-7-16-13/h4-5,9,13,16-17H,2-3,6-8,10H2,1H3. The second-order valence-electron chi connectivity index (χ2n) is 5.86. The van der Waals surface area contributed by atoms with Crippen molar-refractivity contribution in [1.82, 2.24) is 10.0 Å². The Hall–Kier alpha value is -1.44. The number of anilines is 1. The zero-order chi connectivity index (χ0) is 15.7. The molecule has 1 atom stereocenters. The van der Waals surface area contributed by atoms with Crippen molar-refractivity contribution >= 4 is 21.6 Å². The Labute approximate surface area is 130 Å². The summed E-state index contributed by atoms with van der Waals surface area (Å²) in [7, 11) is -3.55. The second-order valence-corrected chi connectivity index (χ2v) is 7.62. The number of carbonyl (C=O) groups is 1. The monoisotopic (exact) mass is 323 g/mol. The maximum atomic E-state index is 12.4. The Bertz CT molecular complexity index is 681. The number of amides is 1. The van der Waals surface area contributed by atoms with Gasteiger partial charge in [0, 0.05) is 31.7 Å². The van der Waals surface area contributed by atoms with Crippen LogP contribution in [0.3, 0.4) is 0 Å². The summed E-state index contributed by atoms with van der Waals surface area (Å²) >= 11 is 0. The third kappa shape index (κ3) is 3.02. The molecule has 0 bridgehead atoms. The molecule has 7 heteroatoms. The minimum absolute atomic E-state index is 0.0589. The van der Waals surface area contributed by atoms with E-state index in [1.165, 1.54) is 6.92 Å². The van der Waals surface area contributed by atoms with Gasteiger partial charge in [0.25, 0.3) is 0 Å². The smallest absolute Gasteiger partial charge is 0.240 e. The number of hydrogen-bond acceptors (Lipinski definition) is 4. The molecular weight excluding hydrogens is 302 g/mol. The van der Waals surface area contributed by atoms with Gasteiger partial charge < -0.3 is 10.2 Å². The van der Waals surface area contributed by atoms with Gasteiger partial charge in [0.15, 0.2) is 0 Å². The van der Waals surface area contributed by atoms with E-state index in [4.69, 9.17) is 0 Å². The molecule has 3 rings (SSSR count). The first-order chi connectivity index (χ1) is 10.5. The number of carbonyl (C=O) groups excluding carboxylic acids is 1. The van der Waals surface area contributed by atoms with Crippen molar-refractivity contribution in [2.75, 3.05) is 24.5 Å². The van der Waals surface area contributed by atoms with Crippen LogP contribution < -0.4 is 14.9 Å². The van der Waals surface area contributed by atoms with E-state index < -0.39 is 10.0 Å². The van der Waals surface area contributed by atoms with E-state index in [1.54, 1.807) is 23.1 Å². The van der Waals surface area contributed by atoms with Gasteiger partial charge in [-0.2, -0.15) is 0 Å². The molecule has 120 valence electrons. The third-order valence-electron chi connectivity index (χ3n) is 4.32. The summed E-state index contributed by atoms with van der Waals surface area (Å²) < 4.78 is 27.5. The lowest BCUT2D eigenvalue weighted by Crippen LogP contribution is -2.37. The lowest BCUT2D eigenvalue weighted by molar-refractivity contribution is -0.116. The van der Waals surface area contributed by atoms with E-state index in [-0.39, 0.29) is 16.8 Å². The molecule has 0 aromatic heterocycles. The Morgan fingerprint density at radius 3 is 2.95 bits per heavy atom. The summed E-state index contributed by atoms with van der Waals surface area (Å²) in [5, 5.41) is 3.26. The Kier molecular flexibility index (Phi) is 4.20. The van der Waals surface area contributed by atoms with E-state index in [0.717, 1.165) is 37.1 Å². The van der Waals surface area contributed by atoms with Gasteiger partial charge in [-0.15, -0.1) is 0 Å². The molecule has 0 spiro atoms. The zero-order valence-electron chi connectivity index (χ0n) is 12.6. The molecule has 1 unspecified atom stereocenters. The van der Waals surface area contributed by atoms with Crippen LogP contribution >= 0.6 is 0 Å². The van der Waals surface area contributed by atoms with Crippen molar-refractivity contribution in [3.05, 3.63) is 23.8 Å². The van der Waals surface area contributed by atoms with Crippen molar-refractivity contribution in [3.8, 4) is 0 Å². The van der Waals surface area contributed by atoms with Gasteiger partial charge in [-0.1, -0.05) is 6.07 Å². The molecule has 2 aliphatic heterocycles. The van der Waals surface area contributed by atoms with Gasteiger partial charge >= 0.3 is 0 Å². The predicted molar refractivity (Wildman–Crippen MR) is 84.4 cm³/mol. The number of hydrogen-bond donors (Lipinski definition) is 2. The van der Waals surface area contributed by atoms with Gasteiger partial charge in [-0.3, -0.25) is 4.79 Å². The van der Waals surface area contributed by atoms with Crippen LogP contribution in [0.2, 0.25) is 0 Å². The topological polar surface area (TPSA) is 78.5 Å². The molecule has 22 heavy (non-hydrogen) atoms. The van der Waals surface area contributed by atoms with Gasteiger partial charge in [-0.25, -0.2) is 13.1 Å². The van der Waals surface area contributed by atoms with Crippen molar-refractivity contribution in [3.63, 3.8) is 0 Å². The highest BCUT2D eigenvalue weighted by atomic mass is 32.2. The normalized spacial score (nSPS) is 21.1. The first-order valence-corrected chi connectivity index (χ1v) is 9.10. The van der Waals surface area contributed by atoms with E-state index in [0.29, 0.717) is 13.1 Å². The fraction of sp³-hybridized carbons (Fsp3) is 0.533. The molecule has 0 aliphatic carbocycles. The average Bonchev–Trinajstić information content (AvgIpc) is 3.13. The molecule has 0 radical (unpaired) electrons. The molecule has 0 saturated carbocycles. The van der Waals surface area contributed by atoms with E-state index in [2.05, 4.69) is 10.0 Å². The molecule has 1 aromatic rings. The fourth-order valence-electron chi connectivity index (χ4n) is 3.08. The maximum absolute atomic E-state index is 12.4. The number of nitrogens with one attached hydrogen (secondary N) is 2. The number of fused-ring (bicyclic) bond motifs is 1. The fourth-order valence-corrected chi connectivity index (χ4v) is 4.18. The minimum Gasteiger partial charge on any atom is -0.313 e. The average molecular weight is 323 g/mol. The molecule has 1 aromatic carbocycles. The van der Waals surface area contributed by atoms with Crippen molar-refractivity contribution < 1.29 is 13.2 Å². The number of benzene rings is 1. The van der Waals surface area contributed by atoms with Crippen molar-refractivity contribution in [2.24, 2.45) is 0 Å². The Balaban J connectivity index is 1.79. The van der Waals surface area contributed by atoms with Gasteiger partial charge in [0.1, 0.15) is 0 Å². The van der Waals surface area contributed by atoms with Crippen molar-refractivity contribution in [2.45, 2.75) is 37.1 Å². The molecule has 1 amide bonds. The van der Waals surface area contributed by atoms with Crippen LogP contribution in [0, 0.1) is 0 Å². The van der Waals surface area contributed by atoms with E-state index in [9.17, 15) is 13.2 Å². The quantitative estimate of drug-likeness (QED) is 0.852. The largest absolute Gasteiger partial charge is 0.313 e. The van der Waals surface area contributed by atoms with Gasteiger partial charge in [0.2, 0.25) is 15.9 Å². The molecule has 2 aliphatic rings. The number of nitrogens with zero attached hydrogens (tertiary/aromatic N) is 1. The SMILES string of the molecule is CC(=O)N1CCc2ccc(S(=O)(=O)NCC3CCCN3)cc21. The van der Waals surface area contributed by atoms with Crippen LogP contribution in [0.25, 0.3) is 0 Å². The highest BCUT2D eigenvalue weighted by Crippen LogP contribution is 2.30. The number of rotatable bonds is 4.